The van der Waals surface area contributed by atoms with Gasteiger partial charge >= 0.3 is 5.97 Å². The van der Waals surface area contributed by atoms with E-state index in [1.54, 1.807) is 0 Å². The third-order valence-electron chi connectivity index (χ3n) is 3.13. The molecule has 0 saturated carbocycles. The first kappa shape index (κ1) is 13.9. The normalized spacial score (nSPS) is 16.8. The monoisotopic (exact) mass is 274 g/mol. The second kappa shape index (κ2) is 6.10. The van der Waals surface area contributed by atoms with Gasteiger partial charge in [0.15, 0.2) is 0 Å². The van der Waals surface area contributed by atoms with Gasteiger partial charge < -0.3 is 9.47 Å². The van der Waals surface area contributed by atoms with Crippen molar-refractivity contribution in [1.29, 1.82) is 0 Å². The molecule has 1 saturated heterocycles. The summed E-state index contributed by atoms with van der Waals surface area (Å²) in [5.41, 5.74) is 0.811. The van der Waals surface area contributed by atoms with Crippen LogP contribution in [0.15, 0.2) is 6.20 Å². The molecule has 2 heterocycles. The number of rotatable bonds is 4. The Balaban J connectivity index is 2.27. The highest BCUT2D eigenvalue weighted by Crippen LogP contribution is 2.28. The van der Waals surface area contributed by atoms with Crippen LogP contribution in [-0.2, 0) is 16.0 Å². The maximum atomic E-state index is 12.4. The SMILES string of the molecule is COC(=O)c1cn(CC(F)F)nc1C1CCOCC1. The van der Waals surface area contributed by atoms with Crippen LogP contribution in [0.3, 0.4) is 0 Å². The van der Waals surface area contributed by atoms with Crippen LogP contribution in [0.2, 0.25) is 0 Å². The summed E-state index contributed by atoms with van der Waals surface area (Å²) in [6, 6.07) is 0. The number of halogens is 2. The van der Waals surface area contributed by atoms with Gasteiger partial charge in [-0.2, -0.15) is 5.10 Å². The zero-order valence-corrected chi connectivity index (χ0v) is 10.6. The number of ether oxygens (including phenoxy) is 2. The Morgan fingerprint density at radius 2 is 2.26 bits per heavy atom. The predicted molar refractivity (Wildman–Crippen MR) is 62.4 cm³/mol. The van der Waals surface area contributed by atoms with Crippen LogP contribution in [0.5, 0.6) is 0 Å². The standard InChI is InChI=1S/C12H16F2N2O3/c1-18-12(17)9-6-16(7-10(13)14)15-11(9)8-2-4-19-5-3-8/h6,8,10H,2-5,7H2,1H3. The molecule has 1 aliphatic rings. The van der Waals surface area contributed by atoms with Crippen molar-refractivity contribution >= 4 is 5.97 Å². The highest BCUT2D eigenvalue weighted by atomic mass is 19.3. The summed E-state index contributed by atoms with van der Waals surface area (Å²) in [4.78, 5) is 11.7. The van der Waals surface area contributed by atoms with Gasteiger partial charge in [-0.1, -0.05) is 0 Å². The minimum absolute atomic E-state index is 0.0572. The van der Waals surface area contributed by atoms with E-state index in [0.717, 1.165) is 17.5 Å². The van der Waals surface area contributed by atoms with Gasteiger partial charge in [0.1, 0.15) is 12.1 Å². The highest BCUT2D eigenvalue weighted by Gasteiger charge is 2.26. The second-order valence-corrected chi connectivity index (χ2v) is 4.42. The minimum atomic E-state index is -2.51. The molecule has 1 aromatic heterocycles. The summed E-state index contributed by atoms with van der Waals surface area (Å²) in [5, 5.41) is 4.12. The highest BCUT2D eigenvalue weighted by molar-refractivity contribution is 5.90. The summed E-state index contributed by atoms with van der Waals surface area (Å²) >= 11 is 0. The molecule has 0 aliphatic carbocycles. The fourth-order valence-electron chi connectivity index (χ4n) is 2.21. The summed E-state index contributed by atoms with van der Waals surface area (Å²) in [6.45, 7) is 0.660. The van der Waals surface area contributed by atoms with Crippen molar-refractivity contribution in [3.05, 3.63) is 17.5 Å². The molecular formula is C12H16F2N2O3. The number of carbonyl (C=O) groups is 1. The summed E-state index contributed by atoms with van der Waals surface area (Å²) in [5.74, 6) is -0.483. The van der Waals surface area contributed by atoms with Crippen molar-refractivity contribution in [2.24, 2.45) is 0 Å². The maximum absolute atomic E-state index is 12.4. The average Bonchev–Trinajstić information content (AvgIpc) is 2.82. The molecule has 19 heavy (non-hydrogen) atoms. The fourth-order valence-corrected chi connectivity index (χ4v) is 2.21. The maximum Gasteiger partial charge on any atom is 0.341 e. The van der Waals surface area contributed by atoms with E-state index in [9.17, 15) is 13.6 Å². The predicted octanol–water partition coefficient (Wildman–Crippen LogP) is 1.83. The van der Waals surface area contributed by atoms with Gasteiger partial charge in [-0.15, -0.1) is 0 Å². The molecule has 0 aromatic carbocycles. The quantitative estimate of drug-likeness (QED) is 0.786. The van der Waals surface area contributed by atoms with Crippen LogP contribution in [-0.4, -0.2) is 42.5 Å². The smallest absolute Gasteiger partial charge is 0.341 e. The van der Waals surface area contributed by atoms with Crippen LogP contribution in [0.1, 0.15) is 34.8 Å². The Morgan fingerprint density at radius 1 is 1.58 bits per heavy atom. The number of hydrogen-bond acceptors (Lipinski definition) is 4. The van der Waals surface area contributed by atoms with E-state index in [-0.39, 0.29) is 11.5 Å². The molecular weight excluding hydrogens is 258 g/mol. The van der Waals surface area contributed by atoms with Gasteiger partial charge in [-0.25, -0.2) is 13.6 Å². The zero-order valence-electron chi connectivity index (χ0n) is 10.6. The van der Waals surface area contributed by atoms with Crippen molar-refractivity contribution in [3.63, 3.8) is 0 Å². The van der Waals surface area contributed by atoms with Gasteiger partial charge in [0.25, 0.3) is 6.43 Å². The van der Waals surface area contributed by atoms with Gasteiger partial charge in [0.05, 0.1) is 12.8 Å². The van der Waals surface area contributed by atoms with Crippen LogP contribution >= 0.6 is 0 Å². The molecule has 5 nitrogen and oxygen atoms in total. The lowest BCUT2D eigenvalue weighted by atomic mass is 9.94. The largest absolute Gasteiger partial charge is 0.465 e. The van der Waals surface area contributed by atoms with E-state index in [1.807, 2.05) is 0 Å². The Bertz CT molecular complexity index is 442. The van der Waals surface area contributed by atoms with Crippen LogP contribution in [0, 0.1) is 0 Å². The molecule has 0 radical (unpaired) electrons. The van der Waals surface area contributed by atoms with Crippen molar-refractivity contribution in [1.82, 2.24) is 9.78 Å². The minimum Gasteiger partial charge on any atom is -0.465 e. The van der Waals surface area contributed by atoms with Gasteiger partial charge in [-0.3, -0.25) is 4.68 Å². The number of esters is 1. The molecule has 0 amide bonds. The first-order valence-corrected chi connectivity index (χ1v) is 6.13. The third-order valence-corrected chi connectivity index (χ3v) is 3.13. The van der Waals surface area contributed by atoms with Crippen LogP contribution in [0.4, 0.5) is 8.78 Å². The molecule has 0 unspecified atom stereocenters. The Labute approximate surface area is 109 Å². The number of methoxy groups -OCH3 is 1. The van der Waals surface area contributed by atoms with Gasteiger partial charge in [0.2, 0.25) is 0 Å². The van der Waals surface area contributed by atoms with E-state index >= 15 is 0 Å². The second-order valence-electron chi connectivity index (χ2n) is 4.42. The van der Waals surface area contributed by atoms with Gasteiger partial charge in [0, 0.05) is 25.3 Å². The lowest BCUT2D eigenvalue weighted by Gasteiger charge is -2.20. The fraction of sp³-hybridized carbons (Fsp3) is 0.667. The molecule has 7 heteroatoms. The molecule has 1 fully saturated rings. The van der Waals surface area contributed by atoms with E-state index in [1.165, 1.54) is 13.3 Å². The summed E-state index contributed by atoms with van der Waals surface area (Å²) in [6.07, 6.45) is 0.293. The van der Waals surface area contributed by atoms with Crippen molar-refractivity contribution in [2.45, 2.75) is 31.7 Å². The molecule has 106 valence electrons. The zero-order chi connectivity index (χ0) is 13.8. The van der Waals surface area contributed by atoms with E-state index in [0.29, 0.717) is 18.9 Å². The summed E-state index contributed by atoms with van der Waals surface area (Å²) in [7, 11) is 1.26. The lowest BCUT2D eigenvalue weighted by Crippen LogP contribution is -2.17. The number of carbonyl (C=O) groups excluding carboxylic acids is 1. The number of nitrogens with zero attached hydrogens (tertiary/aromatic N) is 2. The Hall–Kier alpha value is -1.50. The summed E-state index contributed by atoms with van der Waals surface area (Å²) < 4.78 is 35.8. The van der Waals surface area contributed by atoms with E-state index in [2.05, 4.69) is 9.84 Å². The Kier molecular flexibility index (Phi) is 4.47. The van der Waals surface area contributed by atoms with Crippen LogP contribution in [0.25, 0.3) is 0 Å². The van der Waals surface area contributed by atoms with Gasteiger partial charge in [-0.05, 0) is 12.8 Å². The Morgan fingerprint density at radius 3 is 2.84 bits per heavy atom. The molecule has 2 rings (SSSR count). The third kappa shape index (κ3) is 3.28. The van der Waals surface area contributed by atoms with Crippen molar-refractivity contribution < 1.29 is 23.0 Å². The number of hydrogen-bond donors (Lipinski definition) is 0. The lowest BCUT2D eigenvalue weighted by molar-refractivity contribution is 0.0592. The molecule has 1 aromatic rings. The first-order chi connectivity index (χ1) is 9.11. The molecule has 0 bridgehead atoms. The molecule has 1 aliphatic heterocycles. The molecule has 0 spiro atoms. The topological polar surface area (TPSA) is 53.4 Å². The van der Waals surface area contributed by atoms with Crippen molar-refractivity contribution in [2.75, 3.05) is 20.3 Å². The van der Waals surface area contributed by atoms with Crippen molar-refractivity contribution in [3.8, 4) is 0 Å². The molecule has 0 atom stereocenters. The average molecular weight is 274 g/mol. The van der Waals surface area contributed by atoms with E-state index < -0.39 is 18.9 Å². The molecule has 0 N–H and O–H groups in total. The first-order valence-electron chi connectivity index (χ1n) is 6.13. The number of alkyl halides is 2. The van der Waals surface area contributed by atoms with Crippen LogP contribution < -0.4 is 0 Å². The number of aromatic nitrogens is 2. The van der Waals surface area contributed by atoms with E-state index in [4.69, 9.17) is 4.74 Å².